The zero-order chi connectivity index (χ0) is 13.5. The van der Waals surface area contributed by atoms with Gasteiger partial charge in [0.2, 0.25) is 0 Å². The van der Waals surface area contributed by atoms with Gasteiger partial charge in [0, 0.05) is 35.7 Å². The number of methoxy groups -OCH3 is 1. The largest absolute Gasteiger partial charge is 0.383 e. The molecule has 1 rings (SSSR count). The van der Waals surface area contributed by atoms with Crippen molar-refractivity contribution in [2.45, 2.75) is 19.2 Å². The quantitative estimate of drug-likeness (QED) is 0.649. The Morgan fingerprint density at radius 2 is 2.06 bits per heavy atom. The molecule has 0 aliphatic heterocycles. The second-order valence-electron chi connectivity index (χ2n) is 4.74. The van der Waals surface area contributed by atoms with Crippen LogP contribution in [0.1, 0.15) is 19.4 Å². The van der Waals surface area contributed by atoms with E-state index in [2.05, 4.69) is 68.8 Å². The van der Waals surface area contributed by atoms with E-state index in [0.29, 0.717) is 5.92 Å². The molecule has 0 aromatic heterocycles. The van der Waals surface area contributed by atoms with Gasteiger partial charge in [-0.25, -0.2) is 0 Å². The average Bonchev–Trinajstić information content (AvgIpc) is 2.34. The summed E-state index contributed by atoms with van der Waals surface area (Å²) in [6.07, 6.45) is 0. The lowest BCUT2D eigenvalue weighted by Crippen LogP contribution is -2.31. The van der Waals surface area contributed by atoms with E-state index in [-0.39, 0.29) is 0 Å². The van der Waals surface area contributed by atoms with E-state index in [9.17, 15) is 0 Å². The summed E-state index contributed by atoms with van der Waals surface area (Å²) in [7, 11) is 1.75. The van der Waals surface area contributed by atoms with Crippen molar-refractivity contribution in [3.63, 3.8) is 0 Å². The van der Waals surface area contributed by atoms with Crippen molar-refractivity contribution in [2.75, 3.05) is 31.7 Å². The maximum Gasteiger partial charge on any atom is 0.0637 e. The topological polar surface area (TPSA) is 12.5 Å². The maximum absolute atomic E-state index is 5.21. The Hall–Kier alpha value is -0.0600. The highest BCUT2D eigenvalue weighted by molar-refractivity contribution is 9.10. The van der Waals surface area contributed by atoms with E-state index in [1.54, 1.807) is 7.11 Å². The molecule has 1 aromatic carbocycles. The molecule has 0 atom stereocenters. The summed E-state index contributed by atoms with van der Waals surface area (Å²) in [4.78, 5) is 2.40. The lowest BCUT2D eigenvalue weighted by molar-refractivity contribution is 0.204. The van der Waals surface area contributed by atoms with Crippen molar-refractivity contribution >= 4 is 37.5 Å². The van der Waals surface area contributed by atoms with Gasteiger partial charge in [-0.3, -0.25) is 0 Å². The van der Waals surface area contributed by atoms with E-state index >= 15 is 0 Å². The third-order valence-electron chi connectivity index (χ3n) is 2.68. The van der Waals surface area contributed by atoms with E-state index in [1.165, 1.54) is 11.3 Å². The first kappa shape index (κ1) is 16.0. The van der Waals surface area contributed by atoms with Gasteiger partial charge in [0.25, 0.3) is 0 Å². The minimum Gasteiger partial charge on any atom is -0.383 e. The van der Waals surface area contributed by atoms with Gasteiger partial charge < -0.3 is 9.64 Å². The lowest BCUT2D eigenvalue weighted by atomic mass is 10.1. The SMILES string of the molecule is COCCN(CC(C)C)c1cc(Br)ccc1CBr. The second kappa shape index (κ2) is 8.18. The molecule has 0 fully saturated rings. The zero-order valence-corrected chi connectivity index (χ0v) is 14.4. The van der Waals surface area contributed by atoms with Gasteiger partial charge in [-0.05, 0) is 23.6 Å². The molecule has 0 heterocycles. The van der Waals surface area contributed by atoms with Gasteiger partial charge in [-0.1, -0.05) is 51.8 Å². The van der Waals surface area contributed by atoms with Gasteiger partial charge in [0.05, 0.1) is 6.61 Å². The molecule has 0 saturated carbocycles. The molecule has 0 N–H and O–H groups in total. The van der Waals surface area contributed by atoms with Crippen LogP contribution in [0.4, 0.5) is 5.69 Å². The van der Waals surface area contributed by atoms with Crippen molar-refractivity contribution in [2.24, 2.45) is 5.92 Å². The summed E-state index contributed by atoms with van der Waals surface area (Å²) < 4.78 is 6.33. The Labute approximate surface area is 127 Å². The highest BCUT2D eigenvalue weighted by Crippen LogP contribution is 2.27. The van der Waals surface area contributed by atoms with Crippen molar-refractivity contribution in [3.05, 3.63) is 28.2 Å². The molecule has 0 aliphatic carbocycles. The normalized spacial score (nSPS) is 11.0. The van der Waals surface area contributed by atoms with E-state index < -0.39 is 0 Å². The highest BCUT2D eigenvalue weighted by Gasteiger charge is 2.12. The van der Waals surface area contributed by atoms with Crippen LogP contribution in [0.25, 0.3) is 0 Å². The Kier molecular flexibility index (Phi) is 7.27. The number of anilines is 1. The molecule has 18 heavy (non-hydrogen) atoms. The number of halogens is 2. The molecular formula is C14H21Br2NO. The fourth-order valence-electron chi connectivity index (χ4n) is 1.90. The fourth-order valence-corrected chi connectivity index (χ4v) is 2.72. The molecule has 0 radical (unpaired) electrons. The number of hydrogen-bond acceptors (Lipinski definition) is 2. The number of nitrogens with zero attached hydrogens (tertiary/aromatic N) is 1. The van der Waals surface area contributed by atoms with E-state index in [0.717, 1.165) is 29.5 Å². The van der Waals surface area contributed by atoms with Crippen LogP contribution in [0.5, 0.6) is 0 Å². The monoisotopic (exact) mass is 377 g/mol. The van der Waals surface area contributed by atoms with E-state index in [4.69, 9.17) is 4.74 Å². The van der Waals surface area contributed by atoms with Crippen LogP contribution in [-0.4, -0.2) is 26.8 Å². The average molecular weight is 379 g/mol. The fraction of sp³-hybridized carbons (Fsp3) is 0.571. The smallest absolute Gasteiger partial charge is 0.0637 e. The Balaban J connectivity index is 2.98. The van der Waals surface area contributed by atoms with Crippen LogP contribution in [0, 0.1) is 5.92 Å². The number of ether oxygens (including phenoxy) is 1. The van der Waals surface area contributed by atoms with Crippen molar-refractivity contribution in [3.8, 4) is 0 Å². The number of benzene rings is 1. The van der Waals surface area contributed by atoms with Gasteiger partial charge >= 0.3 is 0 Å². The lowest BCUT2D eigenvalue weighted by Gasteiger charge is -2.28. The van der Waals surface area contributed by atoms with Gasteiger partial charge in [-0.15, -0.1) is 0 Å². The van der Waals surface area contributed by atoms with Gasteiger partial charge in [0.1, 0.15) is 0 Å². The molecule has 0 bridgehead atoms. The van der Waals surface area contributed by atoms with Crippen LogP contribution in [0.2, 0.25) is 0 Å². The Morgan fingerprint density at radius 3 is 2.61 bits per heavy atom. The van der Waals surface area contributed by atoms with E-state index in [1.807, 2.05) is 0 Å². The van der Waals surface area contributed by atoms with Gasteiger partial charge in [0.15, 0.2) is 0 Å². The predicted octanol–water partition coefficient (Wildman–Crippen LogP) is 4.45. The number of alkyl halides is 1. The highest BCUT2D eigenvalue weighted by atomic mass is 79.9. The summed E-state index contributed by atoms with van der Waals surface area (Å²) >= 11 is 7.12. The minimum atomic E-state index is 0.629. The summed E-state index contributed by atoms with van der Waals surface area (Å²) in [5.41, 5.74) is 2.60. The van der Waals surface area contributed by atoms with Crippen LogP contribution < -0.4 is 4.90 Å². The summed E-state index contributed by atoms with van der Waals surface area (Å²) in [5.74, 6) is 0.629. The molecule has 102 valence electrons. The van der Waals surface area contributed by atoms with Crippen LogP contribution in [0.15, 0.2) is 22.7 Å². The molecule has 2 nitrogen and oxygen atoms in total. The molecule has 1 aromatic rings. The first-order valence-corrected chi connectivity index (χ1v) is 8.08. The first-order valence-electron chi connectivity index (χ1n) is 6.16. The molecular weight excluding hydrogens is 358 g/mol. The number of rotatable bonds is 7. The Morgan fingerprint density at radius 1 is 1.33 bits per heavy atom. The standard InChI is InChI=1S/C14H21Br2NO/c1-11(2)10-17(6-7-18-3)14-8-13(16)5-4-12(14)9-15/h4-5,8,11H,6-7,9-10H2,1-3H3. The molecule has 0 aliphatic rings. The predicted molar refractivity (Wildman–Crippen MR) is 85.7 cm³/mol. The third-order valence-corrected chi connectivity index (χ3v) is 3.78. The molecule has 4 heteroatoms. The molecule has 0 saturated heterocycles. The molecule has 0 amide bonds. The zero-order valence-electron chi connectivity index (χ0n) is 11.2. The van der Waals surface area contributed by atoms with Crippen molar-refractivity contribution < 1.29 is 4.74 Å². The third kappa shape index (κ3) is 4.90. The van der Waals surface area contributed by atoms with Crippen LogP contribution >= 0.6 is 31.9 Å². The number of hydrogen-bond donors (Lipinski definition) is 0. The summed E-state index contributed by atoms with van der Waals surface area (Å²) in [6, 6.07) is 6.44. The summed E-state index contributed by atoms with van der Waals surface area (Å²) in [6.45, 7) is 7.20. The Bertz CT molecular complexity index is 369. The maximum atomic E-state index is 5.21. The molecule has 0 unspecified atom stereocenters. The van der Waals surface area contributed by atoms with Crippen molar-refractivity contribution in [1.29, 1.82) is 0 Å². The van der Waals surface area contributed by atoms with Crippen LogP contribution in [-0.2, 0) is 10.1 Å². The minimum absolute atomic E-state index is 0.629. The summed E-state index contributed by atoms with van der Waals surface area (Å²) in [5, 5.41) is 0.872. The second-order valence-corrected chi connectivity index (χ2v) is 6.22. The van der Waals surface area contributed by atoms with Gasteiger partial charge in [-0.2, -0.15) is 0 Å². The molecule has 0 spiro atoms. The van der Waals surface area contributed by atoms with Crippen molar-refractivity contribution in [1.82, 2.24) is 0 Å². The first-order chi connectivity index (χ1) is 8.58. The van der Waals surface area contributed by atoms with Crippen LogP contribution in [0.3, 0.4) is 0 Å².